The molecule has 0 spiro atoms. The van der Waals surface area contributed by atoms with E-state index in [-0.39, 0.29) is 0 Å². The summed E-state index contributed by atoms with van der Waals surface area (Å²) in [6, 6.07) is 2.63. The van der Waals surface area contributed by atoms with Crippen molar-refractivity contribution in [3.8, 4) is 0 Å². The summed E-state index contributed by atoms with van der Waals surface area (Å²) in [7, 11) is 0. The van der Waals surface area contributed by atoms with Crippen LogP contribution in [0.2, 0.25) is 4.34 Å². The van der Waals surface area contributed by atoms with Crippen molar-refractivity contribution in [3.05, 3.63) is 19.8 Å². The molecule has 0 saturated carbocycles. The normalized spacial score (nSPS) is 12.9. The first-order chi connectivity index (χ1) is 8.69. The first-order valence-electron chi connectivity index (χ1n) is 6.87. The van der Waals surface area contributed by atoms with Crippen LogP contribution in [0.5, 0.6) is 0 Å². The topological polar surface area (TPSA) is 12.0 Å². The SMILES string of the molecule is CCCCCCC(NCCC)c1cc(Br)c(Cl)s1. The van der Waals surface area contributed by atoms with Crippen LogP contribution < -0.4 is 5.32 Å². The van der Waals surface area contributed by atoms with E-state index in [9.17, 15) is 0 Å². The van der Waals surface area contributed by atoms with E-state index >= 15 is 0 Å². The molecule has 1 rings (SSSR count). The second-order valence-electron chi connectivity index (χ2n) is 4.63. The van der Waals surface area contributed by atoms with Crippen LogP contribution in [-0.4, -0.2) is 6.54 Å². The molecule has 18 heavy (non-hydrogen) atoms. The zero-order valence-corrected chi connectivity index (χ0v) is 14.4. The van der Waals surface area contributed by atoms with E-state index in [4.69, 9.17) is 11.6 Å². The molecule has 104 valence electrons. The van der Waals surface area contributed by atoms with E-state index in [1.807, 2.05) is 0 Å². The lowest BCUT2D eigenvalue weighted by molar-refractivity contribution is 0.476. The van der Waals surface area contributed by atoms with Crippen LogP contribution in [-0.2, 0) is 0 Å². The van der Waals surface area contributed by atoms with Gasteiger partial charge in [-0.3, -0.25) is 0 Å². The van der Waals surface area contributed by atoms with Gasteiger partial charge in [0.05, 0.1) is 0 Å². The standard InChI is InChI=1S/C14H23BrClNS/c1-3-5-6-7-8-12(17-9-4-2)13-10-11(15)14(16)18-13/h10,12,17H,3-9H2,1-2H3. The van der Waals surface area contributed by atoms with E-state index in [1.165, 1.54) is 43.4 Å². The highest BCUT2D eigenvalue weighted by Crippen LogP contribution is 2.36. The quantitative estimate of drug-likeness (QED) is 0.524. The summed E-state index contributed by atoms with van der Waals surface area (Å²) in [5.74, 6) is 0. The minimum absolute atomic E-state index is 0.468. The lowest BCUT2D eigenvalue weighted by atomic mass is 10.1. The number of hydrogen-bond acceptors (Lipinski definition) is 2. The van der Waals surface area contributed by atoms with Gasteiger partial charge in [0.1, 0.15) is 4.34 Å². The molecule has 0 saturated heterocycles. The van der Waals surface area contributed by atoms with Crippen molar-refractivity contribution in [1.29, 1.82) is 0 Å². The Hall–Kier alpha value is 0.430. The molecule has 0 fully saturated rings. The first kappa shape index (κ1) is 16.5. The van der Waals surface area contributed by atoms with Crippen molar-refractivity contribution < 1.29 is 0 Å². The smallest absolute Gasteiger partial charge is 0.107 e. The monoisotopic (exact) mass is 351 g/mol. The van der Waals surface area contributed by atoms with E-state index < -0.39 is 0 Å². The lowest BCUT2D eigenvalue weighted by Crippen LogP contribution is -2.21. The Morgan fingerprint density at radius 3 is 2.61 bits per heavy atom. The second kappa shape index (κ2) is 9.35. The third-order valence-electron chi connectivity index (χ3n) is 2.99. The van der Waals surface area contributed by atoms with Crippen LogP contribution in [0, 0.1) is 0 Å². The Kier molecular flexibility index (Phi) is 8.56. The Morgan fingerprint density at radius 1 is 1.28 bits per heavy atom. The fraction of sp³-hybridized carbons (Fsp3) is 0.714. The highest BCUT2D eigenvalue weighted by molar-refractivity contribution is 9.10. The van der Waals surface area contributed by atoms with Crippen molar-refractivity contribution in [1.82, 2.24) is 5.32 Å². The molecule has 0 aliphatic heterocycles. The predicted molar refractivity (Wildman–Crippen MR) is 86.8 cm³/mol. The van der Waals surface area contributed by atoms with E-state index in [0.717, 1.165) is 15.4 Å². The lowest BCUT2D eigenvalue weighted by Gasteiger charge is -2.16. The third-order valence-corrected chi connectivity index (χ3v) is 5.58. The molecule has 1 N–H and O–H groups in total. The van der Waals surface area contributed by atoms with E-state index in [0.29, 0.717) is 6.04 Å². The maximum absolute atomic E-state index is 6.14. The minimum atomic E-state index is 0.468. The zero-order chi connectivity index (χ0) is 13.4. The average Bonchev–Trinajstić information content (AvgIpc) is 2.68. The molecule has 0 bridgehead atoms. The largest absolute Gasteiger partial charge is 0.309 e. The van der Waals surface area contributed by atoms with Gasteiger partial charge in [-0.25, -0.2) is 0 Å². The summed E-state index contributed by atoms with van der Waals surface area (Å²) in [6.45, 7) is 5.53. The molecular weight excluding hydrogens is 330 g/mol. The molecule has 0 aliphatic carbocycles. The van der Waals surface area contributed by atoms with Gasteiger partial charge in [-0.1, -0.05) is 51.1 Å². The molecule has 1 atom stereocenters. The molecule has 0 amide bonds. The molecule has 1 aromatic rings. The molecule has 1 unspecified atom stereocenters. The summed E-state index contributed by atoms with van der Waals surface area (Å²) in [5, 5.41) is 3.63. The number of thiophene rings is 1. The highest BCUT2D eigenvalue weighted by atomic mass is 79.9. The summed E-state index contributed by atoms with van der Waals surface area (Å²) >= 11 is 11.3. The molecule has 0 aromatic carbocycles. The first-order valence-corrected chi connectivity index (χ1v) is 8.85. The Labute approximate surface area is 128 Å². The average molecular weight is 353 g/mol. The molecular formula is C14H23BrClNS. The summed E-state index contributed by atoms with van der Waals surface area (Å²) in [5.41, 5.74) is 0. The van der Waals surface area contributed by atoms with Gasteiger partial charge in [-0.05, 0) is 41.4 Å². The summed E-state index contributed by atoms with van der Waals surface area (Å²) in [4.78, 5) is 1.36. The van der Waals surface area contributed by atoms with E-state index in [1.54, 1.807) is 11.3 Å². The number of halogens is 2. The third kappa shape index (κ3) is 5.60. The van der Waals surface area contributed by atoms with Gasteiger partial charge in [-0.2, -0.15) is 0 Å². The van der Waals surface area contributed by atoms with Crippen LogP contribution in [0.3, 0.4) is 0 Å². The molecule has 0 aliphatic rings. The van der Waals surface area contributed by atoms with Gasteiger partial charge in [0.15, 0.2) is 0 Å². The van der Waals surface area contributed by atoms with Gasteiger partial charge in [0.2, 0.25) is 0 Å². The Morgan fingerprint density at radius 2 is 2.06 bits per heavy atom. The molecule has 1 aromatic heterocycles. The fourth-order valence-corrected chi connectivity index (χ4v) is 3.82. The number of rotatable bonds is 9. The van der Waals surface area contributed by atoms with Crippen LogP contribution in [0.1, 0.15) is 63.3 Å². The van der Waals surface area contributed by atoms with E-state index in [2.05, 4.69) is 41.2 Å². The number of unbranched alkanes of at least 4 members (excludes halogenated alkanes) is 3. The van der Waals surface area contributed by atoms with Crippen molar-refractivity contribution in [3.63, 3.8) is 0 Å². The summed E-state index contributed by atoms with van der Waals surface area (Å²) in [6.07, 6.45) is 7.65. The van der Waals surface area contributed by atoms with Crippen LogP contribution in [0.25, 0.3) is 0 Å². The Balaban J connectivity index is 2.54. The molecule has 0 radical (unpaired) electrons. The molecule has 1 heterocycles. The van der Waals surface area contributed by atoms with Gasteiger partial charge in [-0.15, -0.1) is 11.3 Å². The summed E-state index contributed by atoms with van der Waals surface area (Å²) < 4.78 is 1.89. The van der Waals surface area contributed by atoms with Gasteiger partial charge >= 0.3 is 0 Å². The van der Waals surface area contributed by atoms with Crippen LogP contribution in [0.4, 0.5) is 0 Å². The van der Waals surface area contributed by atoms with Crippen LogP contribution in [0.15, 0.2) is 10.5 Å². The number of hydrogen-bond donors (Lipinski definition) is 1. The maximum atomic E-state index is 6.14. The highest BCUT2D eigenvalue weighted by Gasteiger charge is 2.14. The fourth-order valence-electron chi connectivity index (χ4n) is 1.97. The maximum Gasteiger partial charge on any atom is 0.107 e. The van der Waals surface area contributed by atoms with Gasteiger partial charge in [0, 0.05) is 15.4 Å². The predicted octanol–water partition coefficient (Wildman–Crippen LogP) is 6.18. The second-order valence-corrected chi connectivity index (χ2v) is 7.17. The molecule has 4 heteroatoms. The van der Waals surface area contributed by atoms with Gasteiger partial charge in [0.25, 0.3) is 0 Å². The Bertz CT molecular complexity index is 321. The minimum Gasteiger partial charge on any atom is -0.309 e. The number of nitrogens with one attached hydrogen (secondary N) is 1. The van der Waals surface area contributed by atoms with Crippen molar-refractivity contribution in [2.24, 2.45) is 0 Å². The van der Waals surface area contributed by atoms with Crippen molar-refractivity contribution in [2.75, 3.05) is 6.54 Å². The van der Waals surface area contributed by atoms with Crippen LogP contribution >= 0.6 is 38.9 Å². The van der Waals surface area contributed by atoms with Crippen molar-refractivity contribution >= 4 is 38.9 Å². The van der Waals surface area contributed by atoms with Gasteiger partial charge < -0.3 is 5.32 Å². The van der Waals surface area contributed by atoms with Crippen molar-refractivity contribution in [2.45, 2.75) is 58.4 Å². The molecule has 1 nitrogen and oxygen atoms in total. The zero-order valence-electron chi connectivity index (χ0n) is 11.3.